The first-order chi connectivity index (χ1) is 15.5. The number of hydrogen-bond donors (Lipinski definition) is 2. The lowest BCUT2D eigenvalue weighted by atomic mass is 9.96. The molecule has 0 aliphatic carbocycles. The molecule has 9 heteroatoms. The van der Waals surface area contributed by atoms with Crippen molar-refractivity contribution in [3.8, 4) is 11.8 Å². The Morgan fingerprint density at radius 1 is 1.09 bits per heavy atom. The fraction of sp³-hybridized carbons (Fsp3) is 0.304. The molecule has 0 atom stereocenters. The maximum atomic E-state index is 12.3. The molecule has 0 spiro atoms. The highest BCUT2D eigenvalue weighted by molar-refractivity contribution is 6.40. The summed E-state index contributed by atoms with van der Waals surface area (Å²) in [6.45, 7) is 1.45. The Morgan fingerprint density at radius 2 is 1.81 bits per heavy atom. The second-order valence-corrected chi connectivity index (χ2v) is 7.83. The second-order valence-electron chi connectivity index (χ2n) is 7.39. The Labute approximate surface area is 191 Å². The average Bonchev–Trinajstić information content (AvgIpc) is 2.82. The number of halogens is 1. The molecule has 2 N–H and O–H groups in total. The van der Waals surface area contributed by atoms with E-state index in [0.29, 0.717) is 43.2 Å². The minimum atomic E-state index is -0.866. The van der Waals surface area contributed by atoms with E-state index >= 15 is 0 Å². The number of nitrogens with zero attached hydrogens (tertiary/aromatic N) is 2. The van der Waals surface area contributed by atoms with Gasteiger partial charge in [-0.2, -0.15) is 5.26 Å². The van der Waals surface area contributed by atoms with Crippen LogP contribution in [0.3, 0.4) is 0 Å². The van der Waals surface area contributed by atoms with E-state index in [1.807, 2.05) is 24.3 Å². The van der Waals surface area contributed by atoms with Crippen molar-refractivity contribution in [3.05, 3.63) is 59.1 Å². The zero-order valence-electron chi connectivity index (χ0n) is 17.3. The Balaban J connectivity index is 1.39. The molecule has 0 saturated carbocycles. The van der Waals surface area contributed by atoms with Crippen LogP contribution < -0.4 is 15.4 Å². The summed E-state index contributed by atoms with van der Waals surface area (Å²) in [5.74, 6) is -0.924. The van der Waals surface area contributed by atoms with E-state index in [1.165, 1.54) is 18.2 Å². The van der Waals surface area contributed by atoms with E-state index in [-0.39, 0.29) is 29.7 Å². The number of anilines is 1. The van der Waals surface area contributed by atoms with Crippen molar-refractivity contribution in [1.82, 2.24) is 10.2 Å². The van der Waals surface area contributed by atoms with Gasteiger partial charge in [-0.15, -0.1) is 0 Å². The van der Waals surface area contributed by atoms with Crippen molar-refractivity contribution < 1.29 is 19.1 Å². The van der Waals surface area contributed by atoms with Gasteiger partial charge in [-0.1, -0.05) is 29.8 Å². The van der Waals surface area contributed by atoms with Crippen molar-refractivity contribution in [3.63, 3.8) is 0 Å². The van der Waals surface area contributed by atoms with Gasteiger partial charge in [0.25, 0.3) is 5.91 Å². The number of piperidine rings is 1. The van der Waals surface area contributed by atoms with Gasteiger partial charge >= 0.3 is 11.8 Å². The highest BCUT2D eigenvalue weighted by Crippen LogP contribution is 2.20. The first-order valence-corrected chi connectivity index (χ1v) is 10.6. The largest absolute Gasteiger partial charge is 0.484 e. The third-order valence-corrected chi connectivity index (χ3v) is 5.42. The maximum absolute atomic E-state index is 12.3. The lowest BCUT2D eigenvalue weighted by Gasteiger charge is -2.32. The SMILES string of the molecule is N#Cc1ccc(Cl)cc1NC(=O)C(=O)NCC1CCN(C(=O)COc2ccccc2)CC1. The molecule has 3 rings (SSSR count). The maximum Gasteiger partial charge on any atom is 0.313 e. The van der Waals surface area contributed by atoms with Crippen LogP contribution in [0, 0.1) is 17.2 Å². The zero-order valence-corrected chi connectivity index (χ0v) is 18.1. The average molecular weight is 455 g/mol. The molecule has 32 heavy (non-hydrogen) atoms. The van der Waals surface area contributed by atoms with E-state index in [4.69, 9.17) is 21.6 Å². The fourth-order valence-electron chi connectivity index (χ4n) is 3.35. The van der Waals surface area contributed by atoms with Gasteiger partial charge in [0.1, 0.15) is 11.8 Å². The summed E-state index contributed by atoms with van der Waals surface area (Å²) < 4.78 is 5.50. The second kappa shape index (κ2) is 11.2. The van der Waals surface area contributed by atoms with Crippen molar-refractivity contribution in [1.29, 1.82) is 5.26 Å². The third-order valence-electron chi connectivity index (χ3n) is 5.18. The molecular weight excluding hydrogens is 432 g/mol. The van der Waals surface area contributed by atoms with Gasteiger partial charge in [-0.3, -0.25) is 14.4 Å². The van der Waals surface area contributed by atoms with Gasteiger partial charge in [0, 0.05) is 24.7 Å². The highest BCUT2D eigenvalue weighted by Gasteiger charge is 2.24. The fourth-order valence-corrected chi connectivity index (χ4v) is 3.53. The molecule has 1 fully saturated rings. The molecule has 1 aliphatic heterocycles. The summed E-state index contributed by atoms with van der Waals surface area (Å²) in [7, 11) is 0. The molecule has 1 aliphatic rings. The van der Waals surface area contributed by atoms with Crippen molar-refractivity contribution in [2.24, 2.45) is 5.92 Å². The standard InChI is InChI=1S/C23H23ClN4O4/c24-18-7-6-17(13-25)20(12-18)27-23(31)22(30)26-14-16-8-10-28(11-9-16)21(29)15-32-19-4-2-1-3-5-19/h1-7,12,16H,8-11,14-15H2,(H,26,30)(H,27,31). The summed E-state index contributed by atoms with van der Waals surface area (Å²) in [6.07, 6.45) is 1.43. The first-order valence-electron chi connectivity index (χ1n) is 10.2. The summed E-state index contributed by atoms with van der Waals surface area (Å²) in [4.78, 5) is 38.4. The number of carbonyl (C=O) groups excluding carboxylic acids is 3. The lowest BCUT2D eigenvalue weighted by Crippen LogP contribution is -2.44. The lowest BCUT2D eigenvalue weighted by molar-refractivity contribution is -0.136. The molecule has 3 amide bonds. The number of ether oxygens (including phenoxy) is 1. The molecule has 166 valence electrons. The molecule has 2 aromatic rings. The zero-order chi connectivity index (χ0) is 22.9. The van der Waals surface area contributed by atoms with Crippen molar-refractivity contribution in [2.75, 3.05) is 31.6 Å². The number of carbonyl (C=O) groups is 3. The van der Waals surface area contributed by atoms with E-state index in [0.717, 1.165) is 0 Å². The Morgan fingerprint density at radius 3 is 2.50 bits per heavy atom. The predicted octanol–water partition coefficient (Wildman–Crippen LogP) is 2.58. The summed E-state index contributed by atoms with van der Waals surface area (Å²) in [5.41, 5.74) is 0.397. The van der Waals surface area contributed by atoms with Crippen LogP contribution in [0.25, 0.3) is 0 Å². The van der Waals surface area contributed by atoms with Gasteiger partial charge in [0.15, 0.2) is 6.61 Å². The number of likely N-dealkylation sites (tertiary alicyclic amines) is 1. The molecule has 8 nitrogen and oxygen atoms in total. The van der Waals surface area contributed by atoms with Crippen LogP contribution in [0.5, 0.6) is 5.75 Å². The monoisotopic (exact) mass is 454 g/mol. The number of hydrogen-bond acceptors (Lipinski definition) is 5. The number of nitriles is 1. The quantitative estimate of drug-likeness (QED) is 0.651. The number of amides is 3. The van der Waals surface area contributed by atoms with Crippen LogP contribution in [0.1, 0.15) is 18.4 Å². The van der Waals surface area contributed by atoms with Crippen molar-refractivity contribution >= 4 is 35.0 Å². The van der Waals surface area contributed by atoms with Gasteiger partial charge < -0.3 is 20.3 Å². The molecule has 0 bridgehead atoms. The smallest absolute Gasteiger partial charge is 0.313 e. The minimum Gasteiger partial charge on any atom is -0.484 e. The third kappa shape index (κ3) is 6.46. The highest BCUT2D eigenvalue weighted by atomic mass is 35.5. The summed E-state index contributed by atoms with van der Waals surface area (Å²) in [6, 6.07) is 15.5. The minimum absolute atomic E-state index is 0.0141. The van der Waals surface area contributed by atoms with Gasteiger partial charge in [0.05, 0.1) is 11.3 Å². The Kier molecular flexibility index (Phi) is 8.06. The number of nitrogens with one attached hydrogen (secondary N) is 2. The van der Waals surface area contributed by atoms with Crippen LogP contribution in [-0.4, -0.2) is 48.9 Å². The predicted molar refractivity (Wildman–Crippen MR) is 119 cm³/mol. The number of benzene rings is 2. The van der Waals surface area contributed by atoms with Gasteiger partial charge in [-0.25, -0.2) is 0 Å². The molecular formula is C23H23ClN4O4. The molecule has 1 heterocycles. The van der Waals surface area contributed by atoms with Gasteiger partial charge in [-0.05, 0) is 49.1 Å². The van der Waals surface area contributed by atoms with E-state index in [9.17, 15) is 14.4 Å². The Hall–Kier alpha value is -3.57. The summed E-state index contributed by atoms with van der Waals surface area (Å²) >= 11 is 5.89. The topological polar surface area (TPSA) is 112 Å². The van der Waals surface area contributed by atoms with Crippen LogP contribution in [-0.2, 0) is 14.4 Å². The van der Waals surface area contributed by atoms with Crippen LogP contribution >= 0.6 is 11.6 Å². The number of para-hydroxylation sites is 1. The van der Waals surface area contributed by atoms with E-state index < -0.39 is 11.8 Å². The van der Waals surface area contributed by atoms with E-state index in [2.05, 4.69) is 10.6 Å². The molecule has 0 aromatic heterocycles. The molecule has 1 saturated heterocycles. The first kappa shape index (κ1) is 23.1. The molecule has 2 aromatic carbocycles. The number of rotatable bonds is 6. The molecule has 0 radical (unpaired) electrons. The summed E-state index contributed by atoms with van der Waals surface area (Å²) in [5, 5.41) is 14.5. The Bertz CT molecular complexity index is 1010. The van der Waals surface area contributed by atoms with Crippen molar-refractivity contribution in [2.45, 2.75) is 12.8 Å². The normalized spacial score (nSPS) is 13.7. The van der Waals surface area contributed by atoms with Crippen LogP contribution in [0.2, 0.25) is 5.02 Å². The molecule has 0 unspecified atom stereocenters. The van der Waals surface area contributed by atoms with Gasteiger partial charge in [0.2, 0.25) is 0 Å². The van der Waals surface area contributed by atoms with Crippen LogP contribution in [0.4, 0.5) is 5.69 Å². The van der Waals surface area contributed by atoms with E-state index in [1.54, 1.807) is 17.0 Å². The van der Waals surface area contributed by atoms with Crippen LogP contribution in [0.15, 0.2) is 48.5 Å².